The van der Waals surface area contributed by atoms with Gasteiger partial charge in [0, 0.05) is 12.2 Å². The lowest BCUT2D eigenvalue weighted by Gasteiger charge is -2.01. The predicted octanol–water partition coefficient (Wildman–Crippen LogP) is 2.36. The molecular formula is C8H11BrN2. The molecule has 1 aromatic heterocycles. The molecule has 0 unspecified atom stereocenters. The van der Waals surface area contributed by atoms with Gasteiger partial charge in [-0.2, -0.15) is 5.10 Å². The molecule has 2 rings (SSSR count). The van der Waals surface area contributed by atoms with Crippen LogP contribution >= 0.6 is 15.9 Å². The summed E-state index contributed by atoms with van der Waals surface area (Å²) >= 11 is 3.44. The van der Waals surface area contributed by atoms with Crippen LogP contribution in [0.15, 0.2) is 10.7 Å². The van der Waals surface area contributed by atoms with Crippen LogP contribution in [0.3, 0.4) is 0 Å². The van der Waals surface area contributed by atoms with E-state index in [1.54, 1.807) is 0 Å². The zero-order valence-corrected chi connectivity index (χ0v) is 8.13. The summed E-state index contributed by atoms with van der Waals surface area (Å²) in [4.78, 5) is 0. The van der Waals surface area contributed by atoms with Gasteiger partial charge in [-0.1, -0.05) is 0 Å². The lowest BCUT2D eigenvalue weighted by Crippen LogP contribution is -2.03. The normalized spacial score (nSPS) is 17.3. The van der Waals surface area contributed by atoms with Crippen LogP contribution in [0.1, 0.15) is 18.5 Å². The highest BCUT2D eigenvalue weighted by Crippen LogP contribution is 2.31. The average Bonchev–Trinajstić information content (AvgIpc) is 2.74. The van der Waals surface area contributed by atoms with Gasteiger partial charge in [0.05, 0.1) is 10.7 Å². The smallest absolute Gasteiger partial charge is 0.0635 e. The summed E-state index contributed by atoms with van der Waals surface area (Å²) in [6, 6.07) is 0. The molecule has 60 valence electrons. The number of hydrogen-bond acceptors (Lipinski definition) is 1. The second-order valence-electron chi connectivity index (χ2n) is 3.20. The quantitative estimate of drug-likeness (QED) is 0.740. The topological polar surface area (TPSA) is 17.8 Å². The number of hydrogen-bond donors (Lipinski definition) is 0. The average molecular weight is 215 g/mol. The maximum absolute atomic E-state index is 4.27. The Morgan fingerprint density at radius 1 is 1.73 bits per heavy atom. The predicted molar refractivity (Wildman–Crippen MR) is 47.4 cm³/mol. The van der Waals surface area contributed by atoms with E-state index in [2.05, 4.69) is 32.6 Å². The third-order valence-corrected chi connectivity index (χ3v) is 2.95. The first kappa shape index (κ1) is 7.35. The van der Waals surface area contributed by atoms with E-state index in [0.717, 1.165) is 16.9 Å². The molecule has 3 heteroatoms. The van der Waals surface area contributed by atoms with Crippen LogP contribution in [0, 0.1) is 12.8 Å². The summed E-state index contributed by atoms with van der Waals surface area (Å²) in [6.07, 6.45) is 4.64. The molecule has 0 aromatic carbocycles. The maximum atomic E-state index is 4.27. The SMILES string of the molecule is Cc1c(Br)cnn1CC1CC1. The maximum Gasteiger partial charge on any atom is 0.0635 e. The first-order chi connectivity index (χ1) is 5.27. The van der Waals surface area contributed by atoms with Crippen molar-refractivity contribution in [3.8, 4) is 0 Å². The van der Waals surface area contributed by atoms with Crippen molar-refractivity contribution in [2.75, 3.05) is 0 Å². The van der Waals surface area contributed by atoms with Gasteiger partial charge in [0.15, 0.2) is 0 Å². The van der Waals surface area contributed by atoms with Crippen molar-refractivity contribution in [2.45, 2.75) is 26.3 Å². The first-order valence-electron chi connectivity index (χ1n) is 3.95. The molecular weight excluding hydrogens is 204 g/mol. The minimum atomic E-state index is 0.903. The molecule has 1 aliphatic carbocycles. The summed E-state index contributed by atoms with van der Waals surface area (Å²) in [5.74, 6) is 0.903. The molecule has 1 saturated carbocycles. The summed E-state index contributed by atoms with van der Waals surface area (Å²) in [5, 5.41) is 4.27. The zero-order valence-electron chi connectivity index (χ0n) is 6.55. The largest absolute Gasteiger partial charge is 0.268 e. The van der Waals surface area contributed by atoms with Gasteiger partial charge in [-0.25, -0.2) is 0 Å². The van der Waals surface area contributed by atoms with Gasteiger partial charge < -0.3 is 0 Å². The van der Waals surface area contributed by atoms with Crippen LogP contribution in [-0.4, -0.2) is 9.78 Å². The van der Waals surface area contributed by atoms with E-state index < -0.39 is 0 Å². The van der Waals surface area contributed by atoms with Crippen molar-refractivity contribution in [2.24, 2.45) is 5.92 Å². The van der Waals surface area contributed by atoms with Gasteiger partial charge in [0.2, 0.25) is 0 Å². The van der Waals surface area contributed by atoms with E-state index in [1.807, 2.05) is 6.20 Å². The number of nitrogens with zero attached hydrogens (tertiary/aromatic N) is 2. The Hall–Kier alpha value is -0.310. The second-order valence-corrected chi connectivity index (χ2v) is 4.06. The van der Waals surface area contributed by atoms with Gasteiger partial charge in [-0.15, -0.1) is 0 Å². The Morgan fingerprint density at radius 2 is 2.45 bits per heavy atom. The van der Waals surface area contributed by atoms with Crippen LogP contribution in [0.5, 0.6) is 0 Å². The summed E-state index contributed by atoms with van der Waals surface area (Å²) in [7, 11) is 0. The molecule has 0 atom stereocenters. The molecule has 1 heterocycles. The molecule has 0 N–H and O–H groups in total. The third-order valence-electron chi connectivity index (χ3n) is 2.17. The summed E-state index contributed by atoms with van der Waals surface area (Å²) in [5.41, 5.74) is 1.25. The Bertz CT molecular complexity index is 263. The second kappa shape index (κ2) is 2.63. The first-order valence-corrected chi connectivity index (χ1v) is 4.74. The molecule has 2 nitrogen and oxygen atoms in total. The Balaban J connectivity index is 2.15. The van der Waals surface area contributed by atoms with E-state index in [0.29, 0.717) is 0 Å². The molecule has 0 saturated heterocycles. The fourth-order valence-electron chi connectivity index (χ4n) is 1.15. The minimum absolute atomic E-state index is 0.903. The van der Waals surface area contributed by atoms with Crippen LogP contribution in [0.4, 0.5) is 0 Å². The highest BCUT2D eigenvalue weighted by atomic mass is 79.9. The minimum Gasteiger partial charge on any atom is -0.268 e. The monoisotopic (exact) mass is 214 g/mol. The Kier molecular flexibility index (Phi) is 1.75. The van der Waals surface area contributed by atoms with Crippen LogP contribution in [0.25, 0.3) is 0 Å². The lowest BCUT2D eigenvalue weighted by molar-refractivity contribution is 0.549. The van der Waals surface area contributed by atoms with E-state index in [1.165, 1.54) is 18.5 Å². The van der Waals surface area contributed by atoms with Crippen molar-refractivity contribution in [3.05, 3.63) is 16.4 Å². The Morgan fingerprint density at radius 3 is 2.91 bits per heavy atom. The van der Waals surface area contributed by atoms with E-state index >= 15 is 0 Å². The molecule has 1 aromatic rings. The van der Waals surface area contributed by atoms with Crippen LogP contribution < -0.4 is 0 Å². The van der Waals surface area contributed by atoms with Crippen LogP contribution in [-0.2, 0) is 6.54 Å². The van der Waals surface area contributed by atoms with E-state index in [9.17, 15) is 0 Å². The number of aromatic nitrogens is 2. The van der Waals surface area contributed by atoms with Gasteiger partial charge in [0.1, 0.15) is 0 Å². The van der Waals surface area contributed by atoms with Crippen molar-refractivity contribution in [3.63, 3.8) is 0 Å². The lowest BCUT2D eigenvalue weighted by atomic mass is 10.4. The third kappa shape index (κ3) is 1.48. The number of halogens is 1. The van der Waals surface area contributed by atoms with Crippen molar-refractivity contribution >= 4 is 15.9 Å². The summed E-state index contributed by atoms with van der Waals surface area (Å²) in [6.45, 7) is 3.21. The van der Waals surface area contributed by atoms with Gasteiger partial charge in [0.25, 0.3) is 0 Å². The number of rotatable bonds is 2. The van der Waals surface area contributed by atoms with Gasteiger partial charge in [-0.3, -0.25) is 4.68 Å². The van der Waals surface area contributed by atoms with E-state index in [-0.39, 0.29) is 0 Å². The van der Waals surface area contributed by atoms with Crippen LogP contribution in [0.2, 0.25) is 0 Å². The molecule has 0 spiro atoms. The highest BCUT2D eigenvalue weighted by Gasteiger charge is 2.22. The molecule has 0 radical (unpaired) electrons. The standard InChI is InChI=1S/C8H11BrN2/c1-6-8(9)4-10-11(6)5-7-2-3-7/h4,7H,2-3,5H2,1H3. The fourth-order valence-corrected chi connectivity index (χ4v) is 1.45. The Labute approximate surface area is 74.7 Å². The van der Waals surface area contributed by atoms with Crippen molar-refractivity contribution < 1.29 is 0 Å². The van der Waals surface area contributed by atoms with Crippen molar-refractivity contribution in [1.29, 1.82) is 0 Å². The van der Waals surface area contributed by atoms with Crippen molar-refractivity contribution in [1.82, 2.24) is 9.78 Å². The molecule has 0 amide bonds. The highest BCUT2D eigenvalue weighted by molar-refractivity contribution is 9.10. The molecule has 1 aliphatic rings. The molecule has 0 bridgehead atoms. The van der Waals surface area contributed by atoms with Gasteiger partial charge in [-0.05, 0) is 41.6 Å². The summed E-state index contributed by atoms with van der Waals surface area (Å²) < 4.78 is 3.21. The zero-order chi connectivity index (χ0) is 7.84. The van der Waals surface area contributed by atoms with Gasteiger partial charge >= 0.3 is 0 Å². The fraction of sp³-hybridized carbons (Fsp3) is 0.625. The molecule has 0 aliphatic heterocycles. The molecule has 1 fully saturated rings. The molecule has 11 heavy (non-hydrogen) atoms. The van der Waals surface area contributed by atoms with E-state index in [4.69, 9.17) is 0 Å².